The fourth-order valence-corrected chi connectivity index (χ4v) is 2.80. The van der Waals surface area contributed by atoms with E-state index in [9.17, 15) is 9.90 Å². The van der Waals surface area contributed by atoms with Crippen molar-refractivity contribution in [3.63, 3.8) is 0 Å². The van der Waals surface area contributed by atoms with Gasteiger partial charge >= 0.3 is 0 Å². The van der Waals surface area contributed by atoms with E-state index in [-0.39, 0.29) is 12.2 Å². The molecule has 3 rings (SSSR count). The largest absolute Gasteiger partial charge is 0.497 e. The molecule has 0 aliphatic carbocycles. The van der Waals surface area contributed by atoms with Crippen LogP contribution >= 0.6 is 0 Å². The number of hydrogen-bond donors (Lipinski definition) is 3. The Balaban J connectivity index is 1.41. The molecule has 0 saturated carbocycles. The summed E-state index contributed by atoms with van der Waals surface area (Å²) in [4.78, 5) is 14.1. The number of H-pyrrole nitrogens is 1. The number of fused-ring (bicyclic) bond motifs is 1. The highest BCUT2D eigenvalue weighted by atomic mass is 16.5. The maximum atomic E-state index is 11.3. The van der Waals surface area contributed by atoms with Crippen molar-refractivity contribution in [2.75, 3.05) is 26.8 Å². The van der Waals surface area contributed by atoms with Gasteiger partial charge in [0, 0.05) is 23.5 Å². The number of methoxy groups -OCH3 is 1. The number of pyridine rings is 1. The molecule has 0 aliphatic rings. The molecule has 1 aromatic heterocycles. The van der Waals surface area contributed by atoms with Crippen LogP contribution in [0.15, 0.2) is 59.4 Å². The minimum atomic E-state index is -0.610. The van der Waals surface area contributed by atoms with Crippen LogP contribution in [0.25, 0.3) is 10.9 Å². The van der Waals surface area contributed by atoms with E-state index in [1.807, 2.05) is 24.3 Å². The summed E-state index contributed by atoms with van der Waals surface area (Å²) in [6.07, 6.45) is 0.245. The van der Waals surface area contributed by atoms with E-state index in [1.54, 1.807) is 25.3 Å². The van der Waals surface area contributed by atoms with Crippen LogP contribution in [-0.2, 0) is 6.42 Å². The Hall–Kier alpha value is -2.83. The molecule has 0 bridgehead atoms. The number of aliphatic hydroxyl groups excluding tert-OH is 1. The first-order valence-electron chi connectivity index (χ1n) is 8.91. The van der Waals surface area contributed by atoms with Gasteiger partial charge in [0.05, 0.1) is 7.11 Å². The first-order chi connectivity index (χ1) is 13.1. The Morgan fingerprint density at radius 3 is 2.85 bits per heavy atom. The molecule has 6 heteroatoms. The van der Waals surface area contributed by atoms with Crippen LogP contribution in [0.5, 0.6) is 11.5 Å². The van der Waals surface area contributed by atoms with Gasteiger partial charge in [0.15, 0.2) is 0 Å². The molecule has 27 heavy (non-hydrogen) atoms. The SMILES string of the molecule is COc1cccc(CCNCC(O)COc2ccc3[nH]c(=O)ccc3c2)c1. The molecule has 1 unspecified atom stereocenters. The molecule has 0 amide bonds. The summed E-state index contributed by atoms with van der Waals surface area (Å²) in [5.74, 6) is 1.50. The zero-order valence-electron chi connectivity index (χ0n) is 15.3. The Kier molecular flexibility index (Phi) is 6.46. The van der Waals surface area contributed by atoms with Gasteiger partial charge in [0.25, 0.3) is 0 Å². The number of rotatable bonds is 9. The van der Waals surface area contributed by atoms with Crippen molar-refractivity contribution in [2.45, 2.75) is 12.5 Å². The molecular formula is C21H24N2O4. The number of aliphatic hydroxyl groups is 1. The van der Waals surface area contributed by atoms with Gasteiger partial charge in [-0.25, -0.2) is 0 Å². The standard InChI is InChI=1S/C21H24N2O4/c1-26-18-4-2-3-15(11-18)9-10-22-13-17(24)14-27-19-6-7-20-16(12-19)5-8-21(25)23-20/h2-8,11-12,17,22,24H,9-10,13-14H2,1H3,(H,23,25). The van der Waals surface area contributed by atoms with Crippen LogP contribution in [0.2, 0.25) is 0 Å². The van der Waals surface area contributed by atoms with Gasteiger partial charge < -0.3 is 24.9 Å². The normalized spacial score (nSPS) is 12.1. The van der Waals surface area contributed by atoms with Gasteiger partial charge in [-0.15, -0.1) is 0 Å². The first kappa shape index (κ1) is 18.9. The van der Waals surface area contributed by atoms with Gasteiger partial charge in [-0.2, -0.15) is 0 Å². The maximum Gasteiger partial charge on any atom is 0.248 e. The topological polar surface area (TPSA) is 83.6 Å². The highest BCUT2D eigenvalue weighted by molar-refractivity contribution is 5.79. The number of benzene rings is 2. The first-order valence-corrected chi connectivity index (χ1v) is 8.91. The smallest absolute Gasteiger partial charge is 0.248 e. The highest BCUT2D eigenvalue weighted by Gasteiger charge is 2.06. The summed E-state index contributed by atoms with van der Waals surface area (Å²) in [6.45, 7) is 1.40. The lowest BCUT2D eigenvalue weighted by Gasteiger charge is -2.14. The Labute approximate surface area is 157 Å². The third kappa shape index (κ3) is 5.57. The van der Waals surface area contributed by atoms with Crippen molar-refractivity contribution in [3.8, 4) is 11.5 Å². The van der Waals surface area contributed by atoms with E-state index >= 15 is 0 Å². The van der Waals surface area contributed by atoms with E-state index in [2.05, 4.69) is 16.4 Å². The Bertz CT molecular complexity index is 939. The molecule has 0 spiro atoms. The lowest BCUT2D eigenvalue weighted by atomic mass is 10.1. The summed E-state index contributed by atoms with van der Waals surface area (Å²) in [7, 11) is 1.66. The summed E-state index contributed by atoms with van der Waals surface area (Å²) in [6, 6.07) is 16.6. The molecule has 2 aromatic carbocycles. The molecule has 142 valence electrons. The van der Waals surface area contributed by atoms with Crippen LogP contribution in [0, 0.1) is 0 Å². The summed E-state index contributed by atoms with van der Waals surface area (Å²) in [5, 5.41) is 14.2. The van der Waals surface area contributed by atoms with E-state index in [1.165, 1.54) is 11.6 Å². The number of aromatic nitrogens is 1. The molecule has 3 aromatic rings. The van der Waals surface area contributed by atoms with Crippen LogP contribution in [0.4, 0.5) is 0 Å². The fourth-order valence-electron chi connectivity index (χ4n) is 2.80. The highest BCUT2D eigenvalue weighted by Crippen LogP contribution is 2.18. The maximum absolute atomic E-state index is 11.3. The summed E-state index contributed by atoms with van der Waals surface area (Å²) < 4.78 is 10.9. The number of ether oxygens (including phenoxy) is 2. The van der Waals surface area contributed by atoms with Crippen molar-refractivity contribution >= 4 is 10.9 Å². The minimum Gasteiger partial charge on any atom is -0.497 e. The Morgan fingerprint density at radius 2 is 2.00 bits per heavy atom. The number of nitrogens with one attached hydrogen (secondary N) is 2. The quantitative estimate of drug-likeness (QED) is 0.504. The molecule has 0 fully saturated rings. The summed E-state index contributed by atoms with van der Waals surface area (Å²) >= 11 is 0. The van der Waals surface area contributed by atoms with Crippen LogP contribution in [0.3, 0.4) is 0 Å². The third-order valence-corrected chi connectivity index (χ3v) is 4.24. The van der Waals surface area contributed by atoms with Crippen LogP contribution in [0.1, 0.15) is 5.56 Å². The molecule has 0 saturated heterocycles. The number of aromatic amines is 1. The molecule has 3 N–H and O–H groups in total. The van der Waals surface area contributed by atoms with Gasteiger partial charge in [0.2, 0.25) is 5.56 Å². The van der Waals surface area contributed by atoms with Crippen LogP contribution in [-0.4, -0.2) is 43.0 Å². The second-order valence-electron chi connectivity index (χ2n) is 6.34. The fraction of sp³-hybridized carbons (Fsp3) is 0.286. The third-order valence-electron chi connectivity index (χ3n) is 4.24. The predicted molar refractivity (Wildman–Crippen MR) is 106 cm³/mol. The molecule has 1 heterocycles. The molecule has 6 nitrogen and oxygen atoms in total. The molecule has 1 atom stereocenters. The summed E-state index contributed by atoms with van der Waals surface area (Å²) in [5.41, 5.74) is 1.81. The molecular weight excluding hydrogens is 344 g/mol. The van der Waals surface area contributed by atoms with Crippen molar-refractivity contribution in [1.82, 2.24) is 10.3 Å². The average Bonchev–Trinajstić information content (AvgIpc) is 2.69. The van der Waals surface area contributed by atoms with Crippen LogP contribution < -0.4 is 20.3 Å². The average molecular weight is 368 g/mol. The van der Waals surface area contributed by atoms with Crippen molar-refractivity contribution in [1.29, 1.82) is 0 Å². The molecule has 0 aliphatic heterocycles. The zero-order chi connectivity index (χ0) is 19.1. The Morgan fingerprint density at radius 1 is 1.11 bits per heavy atom. The van der Waals surface area contributed by atoms with Crippen molar-refractivity contribution < 1.29 is 14.6 Å². The van der Waals surface area contributed by atoms with E-state index in [0.29, 0.717) is 12.3 Å². The van der Waals surface area contributed by atoms with Gasteiger partial charge in [-0.3, -0.25) is 4.79 Å². The van der Waals surface area contributed by atoms with Crippen molar-refractivity contribution in [3.05, 3.63) is 70.5 Å². The lowest BCUT2D eigenvalue weighted by molar-refractivity contribution is 0.107. The van der Waals surface area contributed by atoms with Gasteiger partial charge in [0.1, 0.15) is 24.2 Å². The number of hydrogen-bond acceptors (Lipinski definition) is 5. The second-order valence-corrected chi connectivity index (χ2v) is 6.34. The van der Waals surface area contributed by atoms with Gasteiger partial charge in [-0.05, 0) is 54.9 Å². The van der Waals surface area contributed by atoms with Crippen molar-refractivity contribution in [2.24, 2.45) is 0 Å². The zero-order valence-corrected chi connectivity index (χ0v) is 15.3. The van der Waals surface area contributed by atoms with Gasteiger partial charge in [-0.1, -0.05) is 12.1 Å². The minimum absolute atomic E-state index is 0.133. The lowest BCUT2D eigenvalue weighted by Crippen LogP contribution is -2.32. The van der Waals surface area contributed by atoms with E-state index in [0.717, 1.165) is 29.6 Å². The van der Waals surface area contributed by atoms with E-state index < -0.39 is 6.10 Å². The second kappa shape index (κ2) is 9.21. The molecule has 0 radical (unpaired) electrons. The van der Waals surface area contributed by atoms with E-state index in [4.69, 9.17) is 9.47 Å². The predicted octanol–water partition coefficient (Wildman–Crippen LogP) is 2.11. The monoisotopic (exact) mass is 368 g/mol.